The number of hydrogen-bond donors (Lipinski definition) is 2. The molecule has 0 atom stereocenters. The molecule has 2 aromatic rings. The summed E-state index contributed by atoms with van der Waals surface area (Å²) in [5, 5.41) is 10.2. The molecule has 2 rings (SSSR count). The van der Waals surface area contributed by atoms with Crippen LogP contribution in [0.25, 0.3) is 0 Å². The number of rotatable bonds is 7. The summed E-state index contributed by atoms with van der Waals surface area (Å²) >= 11 is 0. The maximum Gasteiger partial charge on any atom is 0.253 e. The summed E-state index contributed by atoms with van der Waals surface area (Å²) in [7, 11) is 3.48. The summed E-state index contributed by atoms with van der Waals surface area (Å²) in [6.07, 6.45) is 0.632. The predicted molar refractivity (Wildman–Crippen MR) is 115 cm³/mol. The van der Waals surface area contributed by atoms with Crippen molar-refractivity contribution in [2.24, 2.45) is 4.99 Å². The minimum atomic E-state index is -0.00804. The van der Waals surface area contributed by atoms with E-state index in [9.17, 15) is 4.79 Å². The van der Waals surface area contributed by atoms with Crippen LogP contribution in [0, 0.1) is 6.92 Å². The number of carbonyl (C=O) groups is 1. The van der Waals surface area contributed by atoms with Crippen LogP contribution in [0.2, 0.25) is 0 Å². The summed E-state index contributed by atoms with van der Waals surface area (Å²) in [6.45, 7) is 5.74. The molecule has 1 amide bonds. The van der Waals surface area contributed by atoms with Gasteiger partial charge in [-0.25, -0.2) is 4.99 Å². The number of benzene rings is 1. The number of guanidine groups is 1. The number of nitrogens with zero attached hydrogens (tertiary/aromatic N) is 4. The van der Waals surface area contributed by atoms with Crippen molar-refractivity contribution in [2.45, 2.75) is 26.8 Å². The van der Waals surface area contributed by atoms with Gasteiger partial charge in [-0.05, 0) is 31.5 Å². The Morgan fingerprint density at radius 1 is 1.22 bits per heavy atom. The van der Waals surface area contributed by atoms with Crippen molar-refractivity contribution in [3.8, 4) is 0 Å². The van der Waals surface area contributed by atoms with Crippen LogP contribution in [-0.4, -0.2) is 54.1 Å². The first-order valence-corrected chi connectivity index (χ1v) is 8.61. The Morgan fingerprint density at radius 2 is 1.93 bits per heavy atom. The molecule has 1 heterocycles. The molecule has 1 aromatic carbocycles. The zero-order valence-corrected chi connectivity index (χ0v) is 18.5. The minimum absolute atomic E-state index is 0. The van der Waals surface area contributed by atoms with Crippen molar-refractivity contribution in [2.75, 3.05) is 27.2 Å². The largest absolute Gasteiger partial charge is 0.357 e. The predicted octanol–water partition coefficient (Wildman–Crippen LogP) is 2.00. The quantitative estimate of drug-likeness (QED) is 0.353. The van der Waals surface area contributed by atoms with Crippen LogP contribution in [-0.2, 0) is 13.0 Å². The van der Waals surface area contributed by atoms with Crippen LogP contribution < -0.4 is 10.6 Å². The van der Waals surface area contributed by atoms with E-state index in [0.29, 0.717) is 36.8 Å². The van der Waals surface area contributed by atoms with Crippen LogP contribution in [0.4, 0.5) is 0 Å². The standard InChI is InChI=1S/C18H26N6O2.HI/c1-5-19-18(20-11-10-16-22-13(2)23-26-16)21-12-14-6-8-15(9-7-14)17(25)24(3)4;/h6-9H,5,10-12H2,1-4H3,(H2,19,20,21);1H. The normalized spacial score (nSPS) is 10.9. The first-order valence-electron chi connectivity index (χ1n) is 8.61. The second-order valence-electron chi connectivity index (χ2n) is 6.00. The number of nitrogens with one attached hydrogen (secondary N) is 2. The molecule has 0 spiro atoms. The van der Waals surface area contributed by atoms with Crippen molar-refractivity contribution in [3.63, 3.8) is 0 Å². The van der Waals surface area contributed by atoms with Crippen LogP contribution in [0.15, 0.2) is 33.8 Å². The molecule has 1 aromatic heterocycles. The van der Waals surface area contributed by atoms with Gasteiger partial charge in [0.25, 0.3) is 5.91 Å². The van der Waals surface area contributed by atoms with E-state index in [1.807, 2.05) is 31.2 Å². The van der Waals surface area contributed by atoms with Crippen LogP contribution in [0.1, 0.15) is 34.6 Å². The molecule has 0 radical (unpaired) electrons. The monoisotopic (exact) mass is 486 g/mol. The molecule has 0 saturated heterocycles. The van der Waals surface area contributed by atoms with Gasteiger partial charge in [-0.1, -0.05) is 17.3 Å². The Hall–Kier alpha value is -2.17. The van der Waals surface area contributed by atoms with E-state index in [-0.39, 0.29) is 29.9 Å². The highest BCUT2D eigenvalue weighted by atomic mass is 127. The Kier molecular flexibility index (Phi) is 9.76. The van der Waals surface area contributed by atoms with Crippen LogP contribution in [0.5, 0.6) is 0 Å². The van der Waals surface area contributed by atoms with E-state index in [4.69, 9.17) is 4.52 Å². The molecule has 0 saturated carbocycles. The van der Waals surface area contributed by atoms with Crippen LogP contribution >= 0.6 is 24.0 Å². The van der Waals surface area contributed by atoms with E-state index in [1.54, 1.807) is 25.9 Å². The van der Waals surface area contributed by atoms with Crippen molar-refractivity contribution < 1.29 is 9.32 Å². The third-order valence-corrected chi connectivity index (χ3v) is 3.57. The highest BCUT2D eigenvalue weighted by Crippen LogP contribution is 2.07. The lowest BCUT2D eigenvalue weighted by molar-refractivity contribution is 0.0827. The number of aryl methyl sites for hydroxylation is 1. The molecular weight excluding hydrogens is 459 g/mol. The Balaban J connectivity index is 0.00000364. The first kappa shape index (κ1) is 22.9. The molecule has 0 aliphatic carbocycles. The molecule has 8 nitrogen and oxygen atoms in total. The average Bonchev–Trinajstić information content (AvgIpc) is 3.04. The van der Waals surface area contributed by atoms with Gasteiger partial charge in [-0.15, -0.1) is 24.0 Å². The molecular formula is C18H27IN6O2. The number of aliphatic imine (C=N–C) groups is 1. The molecule has 148 valence electrons. The summed E-state index contributed by atoms with van der Waals surface area (Å²) < 4.78 is 5.09. The SMILES string of the molecule is CCNC(=NCc1ccc(C(=O)N(C)C)cc1)NCCc1nc(C)no1.I. The van der Waals surface area contributed by atoms with E-state index in [0.717, 1.165) is 18.1 Å². The first-order chi connectivity index (χ1) is 12.5. The summed E-state index contributed by atoms with van der Waals surface area (Å²) in [5.41, 5.74) is 1.70. The van der Waals surface area contributed by atoms with Gasteiger partial charge in [0.1, 0.15) is 0 Å². The fourth-order valence-electron chi connectivity index (χ4n) is 2.25. The van der Waals surface area contributed by atoms with Gasteiger partial charge < -0.3 is 20.1 Å². The zero-order valence-electron chi connectivity index (χ0n) is 16.2. The van der Waals surface area contributed by atoms with Gasteiger partial charge in [0.2, 0.25) is 5.89 Å². The van der Waals surface area contributed by atoms with Gasteiger partial charge >= 0.3 is 0 Å². The van der Waals surface area contributed by atoms with E-state index >= 15 is 0 Å². The number of aromatic nitrogens is 2. The molecule has 0 aliphatic rings. The second kappa shape index (κ2) is 11.5. The molecule has 0 fully saturated rings. The molecule has 0 unspecified atom stereocenters. The Bertz CT molecular complexity index is 743. The third-order valence-electron chi connectivity index (χ3n) is 3.57. The number of carbonyl (C=O) groups excluding carboxylic acids is 1. The molecule has 9 heteroatoms. The van der Waals surface area contributed by atoms with Crippen molar-refractivity contribution in [1.29, 1.82) is 0 Å². The summed E-state index contributed by atoms with van der Waals surface area (Å²) in [6, 6.07) is 7.49. The van der Waals surface area contributed by atoms with Gasteiger partial charge in [0, 0.05) is 39.2 Å². The van der Waals surface area contributed by atoms with Gasteiger partial charge in [0.05, 0.1) is 6.54 Å². The fourth-order valence-corrected chi connectivity index (χ4v) is 2.25. The van der Waals surface area contributed by atoms with Gasteiger partial charge in [0.15, 0.2) is 11.8 Å². The second-order valence-corrected chi connectivity index (χ2v) is 6.00. The number of halogens is 1. The summed E-state index contributed by atoms with van der Waals surface area (Å²) in [4.78, 5) is 22.2. The summed E-state index contributed by atoms with van der Waals surface area (Å²) in [5.74, 6) is 1.95. The van der Waals surface area contributed by atoms with E-state index < -0.39 is 0 Å². The fraction of sp³-hybridized carbons (Fsp3) is 0.444. The lowest BCUT2D eigenvalue weighted by atomic mass is 10.1. The molecule has 0 bridgehead atoms. The molecule has 0 aliphatic heterocycles. The molecule has 2 N–H and O–H groups in total. The lowest BCUT2D eigenvalue weighted by Gasteiger charge is -2.11. The van der Waals surface area contributed by atoms with Crippen molar-refractivity contribution >= 4 is 35.8 Å². The smallest absolute Gasteiger partial charge is 0.253 e. The highest BCUT2D eigenvalue weighted by molar-refractivity contribution is 14.0. The maximum absolute atomic E-state index is 11.9. The third kappa shape index (κ3) is 7.53. The minimum Gasteiger partial charge on any atom is -0.357 e. The van der Waals surface area contributed by atoms with Gasteiger partial charge in [-0.2, -0.15) is 4.98 Å². The Labute approximate surface area is 176 Å². The zero-order chi connectivity index (χ0) is 18.9. The maximum atomic E-state index is 11.9. The number of amides is 1. The lowest BCUT2D eigenvalue weighted by Crippen LogP contribution is -2.38. The topological polar surface area (TPSA) is 95.7 Å². The Morgan fingerprint density at radius 3 is 2.48 bits per heavy atom. The number of hydrogen-bond acceptors (Lipinski definition) is 5. The van der Waals surface area contributed by atoms with E-state index in [2.05, 4.69) is 25.8 Å². The van der Waals surface area contributed by atoms with Crippen molar-refractivity contribution in [3.05, 3.63) is 47.1 Å². The van der Waals surface area contributed by atoms with Gasteiger partial charge in [-0.3, -0.25) is 4.79 Å². The van der Waals surface area contributed by atoms with Crippen LogP contribution in [0.3, 0.4) is 0 Å². The molecule has 27 heavy (non-hydrogen) atoms. The highest BCUT2D eigenvalue weighted by Gasteiger charge is 2.07. The average molecular weight is 486 g/mol. The van der Waals surface area contributed by atoms with Crippen molar-refractivity contribution in [1.82, 2.24) is 25.7 Å². The van der Waals surface area contributed by atoms with E-state index in [1.165, 1.54) is 0 Å².